The molecule has 5 nitrogen and oxygen atoms in total. The fourth-order valence-electron chi connectivity index (χ4n) is 1.34. The Morgan fingerprint density at radius 2 is 2.00 bits per heavy atom. The molecule has 8 heteroatoms. The highest BCUT2D eigenvalue weighted by Gasteiger charge is 2.12. The second-order valence-corrected chi connectivity index (χ2v) is 4.08. The summed E-state index contributed by atoms with van der Waals surface area (Å²) < 4.78 is 14.7. The molecule has 0 spiro atoms. The minimum absolute atomic E-state index is 0.0709. The highest BCUT2D eigenvalue weighted by molar-refractivity contribution is 6.35. The SMILES string of the molecule is CNCc1nnnn1-c1cc(Cl)c(F)c(Cl)c1. The Morgan fingerprint density at radius 3 is 2.59 bits per heavy atom. The predicted molar refractivity (Wildman–Crippen MR) is 61.9 cm³/mol. The van der Waals surface area contributed by atoms with Crippen LogP contribution < -0.4 is 5.32 Å². The molecule has 0 unspecified atom stereocenters. The number of rotatable bonds is 3. The van der Waals surface area contributed by atoms with E-state index in [4.69, 9.17) is 23.2 Å². The Labute approximate surface area is 107 Å². The maximum atomic E-state index is 13.3. The van der Waals surface area contributed by atoms with Crippen LogP contribution in [0.1, 0.15) is 5.82 Å². The fourth-order valence-corrected chi connectivity index (χ4v) is 1.81. The van der Waals surface area contributed by atoms with Gasteiger partial charge in [-0.25, -0.2) is 4.39 Å². The number of benzene rings is 1. The highest BCUT2D eigenvalue weighted by Crippen LogP contribution is 2.26. The zero-order valence-electron chi connectivity index (χ0n) is 8.78. The largest absolute Gasteiger partial charge is 0.313 e. The van der Waals surface area contributed by atoms with E-state index in [1.54, 1.807) is 7.05 Å². The number of nitrogens with one attached hydrogen (secondary N) is 1. The van der Waals surface area contributed by atoms with Crippen molar-refractivity contribution in [1.82, 2.24) is 25.5 Å². The van der Waals surface area contributed by atoms with Gasteiger partial charge in [0.1, 0.15) is 0 Å². The number of nitrogens with zero attached hydrogens (tertiary/aromatic N) is 4. The molecule has 0 bridgehead atoms. The number of aromatic nitrogens is 4. The van der Waals surface area contributed by atoms with E-state index in [-0.39, 0.29) is 10.0 Å². The summed E-state index contributed by atoms with van der Waals surface area (Å²) >= 11 is 11.4. The van der Waals surface area contributed by atoms with E-state index in [2.05, 4.69) is 20.8 Å². The summed E-state index contributed by atoms with van der Waals surface area (Å²) in [5, 5.41) is 13.9. The first kappa shape index (κ1) is 12.2. The van der Waals surface area contributed by atoms with Gasteiger partial charge in [0.05, 0.1) is 22.3 Å². The molecule has 90 valence electrons. The van der Waals surface area contributed by atoms with Crippen LogP contribution >= 0.6 is 23.2 Å². The zero-order valence-corrected chi connectivity index (χ0v) is 10.3. The van der Waals surface area contributed by atoms with Crippen molar-refractivity contribution in [2.24, 2.45) is 0 Å². The first-order valence-electron chi connectivity index (χ1n) is 4.70. The van der Waals surface area contributed by atoms with Gasteiger partial charge in [0, 0.05) is 0 Å². The van der Waals surface area contributed by atoms with Crippen molar-refractivity contribution in [3.05, 3.63) is 33.8 Å². The van der Waals surface area contributed by atoms with Crippen molar-refractivity contribution in [1.29, 1.82) is 0 Å². The van der Waals surface area contributed by atoms with Crippen molar-refractivity contribution in [2.75, 3.05) is 7.05 Å². The lowest BCUT2D eigenvalue weighted by Gasteiger charge is -2.06. The maximum Gasteiger partial charge on any atom is 0.170 e. The molecule has 0 fully saturated rings. The summed E-state index contributed by atoms with van der Waals surface area (Å²) in [5.41, 5.74) is 0.511. The normalized spacial score (nSPS) is 10.8. The lowest BCUT2D eigenvalue weighted by Crippen LogP contribution is -2.12. The van der Waals surface area contributed by atoms with Gasteiger partial charge in [0.25, 0.3) is 0 Å². The van der Waals surface area contributed by atoms with Crippen molar-refractivity contribution in [3.63, 3.8) is 0 Å². The van der Waals surface area contributed by atoms with Crippen LogP contribution in [0.15, 0.2) is 12.1 Å². The lowest BCUT2D eigenvalue weighted by molar-refractivity contribution is 0.627. The second-order valence-electron chi connectivity index (χ2n) is 3.26. The van der Waals surface area contributed by atoms with E-state index in [9.17, 15) is 4.39 Å². The molecule has 0 saturated carbocycles. The monoisotopic (exact) mass is 275 g/mol. The number of halogens is 3. The first-order chi connectivity index (χ1) is 8.13. The lowest BCUT2D eigenvalue weighted by atomic mass is 10.3. The third-order valence-corrected chi connectivity index (χ3v) is 2.63. The van der Waals surface area contributed by atoms with Crippen LogP contribution in [0.4, 0.5) is 4.39 Å². The molecule has 0 amide bonds. The van der Waals surface area contributed by atoms with E-state index in [1.807, 2.05) is 0 Å². The zero-order chi connectivity index (χ0) is 12.4. The van der Waals surface area contributed by atoms with Crippen LogP contribution in [0.3, 0.4) is 0 Å². The maximum absolute atomic E-state index is 13.3. The van der Waals surface area contributed by atoms with Crippen LogP contribution in [0.25, 0.3) is 5.69 Å². The molecule has 1 aromatic heterocycles. The van der Waals surface area contributed by atoms with E-state index >= 15 is 0 Å². The summed E-state index contributed by atoms with van der Waals surface area (Å²) in [4.78, 5) is 0. The summed E-state index contributed by atoms with van der Waals surface area (Å²) in [6.07, 6.45) is 0. The molecule has 0 aliphatic rings. The molecule has 17 heavy (non-hydrogen) atoms. The molecular weight excluding hydrogens is 268 g/mol. The summed E-state index contributed by atoms with van der Waals surface area (Å²) in [5.74, 6) is -0.0773. The number of tetrazole rings is 1. The van der Waals surface area contributed by atoms with E-state index in [0.29, 0.717) is 18.1 Å². The molecule has 0 saturated heterocycles. The molecule has 0 radical (unpaired) electrons. The Bertz CT molecular complexity index is 519. The molecular formula is C9H8Cl2FN5. The Kier molecular flexibility index (Phi) is 3.56. The van der Waals surface area contributed by atoms with Crippen molar-refractivity contribution in [3.8, 4) is 5.69 Å². The van der Waals surface area contributed by atoms with Gasteiger partial charge < -0.3 is 5.32 Å². The van der Waals surface area contributed by atoms with Crippen LogP contribution in [0.2, 0.25) is 10.0 Å². The van der Waals surface area contributed by atoms with Crippen LogP contribution in [0, 0.1) is 5.82 Å². The van der Waals surface area contributed by atoms with Gasteiger partial charge in [-0.15, -0.1) is 5.10 Å². The molecule has 2 rings (SSSR count). The van der Waals surface area contributed by atoms with E-state index in [1.165, 1.54) is 16.8 Å². The summed E-state index contributed by atoms with van der Waals surface area (Å²) in [7, 11) is 1.77. The average Bonchev–Trinajstić information content (AvgIpc) is 2.74. The van der Waals surface area contributed by atoms with Crippen LogP contribution in [-0.4, -0.2) is 27.3 Å². The topological polar surface area (TPSA) is 55.6 Å². The third-order valence-electron chi connectivity index (χ3n) is 2.08. The van der Waals surface area contributed by atoms with Gasteiger partial charge in [-0.05, 0) is 29.6 Å². The van der Waals surface area contributed by atoms with Crippen molar-refractivity contribution in [2.45, 2.75) is 6.54 Å². The number of hydrogen-bond donors (Lipinski definition) is 1. The number of hydrogen-bond acceptors (Lipinski definition) is 4. The Morgan fingerprint density at radius 1 is 1.35 bits per heavy atom. The Balaban J connectivity index is 2.49. The first-order valence-corrected chi connectivity index (χ1v) is 5.46. The van der Waals surface area contributed by atoms with Crippen molar-refractivity contribution >= 4 is 23.2 Å². The minimum atomic E-state index is -0.652. The predicted octanol–water partition coefficient (Wildman–Crippen LogP) is 1.83. The van der Waals surface area contributed by atoms with Gasteiger partial charge >= 0.3 is 0 Å². The standard InChI is InChI=1S/C9H8Cl2FN5/c1-13-4-8-14-15-16-17(8)5-2-6(10)9(12)7(11)3-5/h2-3,13H,4H2,1H3. The van der Waals surface area contributed by atoms with Gasteiger partial charge in [-0.1, -0.05) is 23.2 Å². The van der Waals surface area contributed by atoms with Crippen LogP contribution in [-0.2, 0) is 6.54 Å². The highest BCUT2D eigenvalue weighted by atomic mass is 35.5. The van der Waals surface area contributed by atoms with Crippen molar-refractivity contribution < 1.29 is 4.39 Å². The average molecular weight is 276 g/mol. The molecule has 2 aromatic rings. The Hall–Kier alpha value is -1.24. The van der Waals surface area contributed by atoms with E-state index in [0.717, 1.165) is 0 Å². The molecule has 0 aliphatic carbocycles. The summed E-state index contributed by atoms with van der Waals surface area (Å²) in [6.45, 7) is 0.472. The molecule has 1 heterocycles. The minimum Gasteiger partial charge on any atom is -0.313 e. The molecule has 1 N–H and O–H groups in total. The third kappa shape index (κ3) is 2.38. The van der Waals surface area contributed by atoms with Gasteiger partial charge in [0.15, 0.2) is 11.6 Å². The smallest absolute Gasteiger partial charge is 0.170 e. The molecule has 0 aliphatic heterocycles. The summed E-state index contributed by atoms with van der Waals surface area (Å²) in [6, 6.07) is 2.83. The second kappa shape index (κ2) is 4.95. The molecule has 0 atom stereocenters. The molecule has 1 aromatic carbocycles. The van der Waals surface area contributed by atoms with Gasteiger partial charge in [-0.2, -0.15) is 4.68 Å². The van der Waals surface area contributed by atoms with Gasteiger partial charge in [-0.3, -0.25) is 0 Å². The quantitative estimate of drug-likeness (QED) is 0.869. The van der Waals surface area contributed by atoms with E-state index < -0.39 is 5.82 Å². The van der Waals surface area contributed by atoms with Crippen LogP contribution in [0.5, 0.6) is 0 Å². The van der Waals surface area contributed by atoms with Gasteiger partial charge in [0.2, 0.25) is 0 Å². The fraction of sp³-hybridized carbons (Fsp3) is 0.222.